The standard InChI is InChI=1S/C33H32N8O4/c1-19-29(26-18-36-25-9-7-8-21(17-34)30(25)37-26)20(2)40(39-19)15-6-4-3-5-14-35-22-10-11-23-24(16-22)33(45)41(32(23)44)27-12-13-28(42)38-31(27)43/h7-11,16,18,27,35H,3-6,12-15H2,1-2H3,(H,38,42,43). The summed E-state index contributed by atoms with van der Waals surface area (Å²) in [5, 5.41) is 19.8. The first-order chi connectivity index (χ1) is 21.8. The molecule has 0 saturated carbocycles. The van der Waals surface area contributed by atoms with Crippen molar-refractivity contribution >= 4 is 40.3 Å². The summed E-state index contributed by atoms with van der Waals surface area (Å²) in [5.74, 6) is -2.04. The van der Waals surface area contributed by atoms with E-state index in [1.54, 1.807) is 36.5 Å². The minimum absolute atomic E-state index is 0.0876. The Morgan fingerprint density at radius 3 is 2.62 bits per heavy atom. The lowest BCUT2D eigenvalue weighted by atomic mass is 10.0. The van der Waals surface area contributed by atoms with Crippen LogP contribution >= 0.6 is 0 Å². The van der Waals surface area contributed by atoms with Gasteiger partial charge in [-0.05, 0) is 63.4 Å². The Hall–Kier alpha value is -5.44. The van der Waals surface area contributed by atoms with Crippen molar-refractivity contribution in [3.05, 3.63) is 70.7 Å². The molecule has 0 aliphatic carbocycles. The van der Waals surface area contributed by atoms with E-state index in [0.29, 0.717) is 28.8 Å². The molecule has 4 heterocycles. The summed E-state index contributed by atoms with van der Waals surface area (Å²) in [6.45, 7) is 5.46. The Morgan fingerprint density at radius 1 is 1.02 bits per heavy atom. The lowest BCUT2D eigenvalue weighted by Gasteiger charge is -2.27. The molecule has 2 aliphatic heterocycles. The average Bonchev–Trinajstić information content (AvgIpc) is 3.45. The van der Waals surface area contributed by atoms with Crippen LogP contribution in [0.2, 0.25) is 0 Å². The molecule has 12 nitrogen and oxygen atoms in total. The number of amides is 4. The maximum absolute atomic E-state index is 13.0. The molecule has 2 aromatic carbocycles. The van der Waals surface area contributed by atoms with E-state index in [2.05, 4.69) is 21.7 Å². The molecule has 1 saturated heterocycles. The third kappa shape index (κ3) is 5.64. The van der Waals surface area contributed by atoms with Crippen LogP contribution in [-0.4, -0.2) is 60.9 Å². The topological polar surface area (TPSA) is 163 Å². The number of benzene rings is 2. The third-order valence-corrected chi connectivity index (χ3v) is 8.40. The van der Waals surface area contributed by atoms with E-state index in [1.807, 2.05) is 24.6 Å². The summed E-state index contributed by atoms with van der Waals surface area (Å²) in [5.41, 5.74) is 6.56. The molecule has 0 spiro atoms. The van der Waals surface area contributed by atoms with E-state index in [1.165, 1.54) is 0 Å². The lowest BCUT2D eigenvalue weighted by Crippen LogP contribution is -2.54. The number of carbonyl (C=O) groups excluding carboxylic acids is 4. The van der Waals surface area contributed by atoms with Crippen molar-refractivity contribution in [2.24, 2.45) is 0 Å². The number of nitrogens with zero attached hydrogens (tertiary/aromatic N) is 6. The molecule has 2 N–H and O–H groups in total. The first kappa shape index (κ1) is 29.6. The Balaban J connectivity index is 0.991. The predicted molar refractivity (Wildman–Crippen MR) is 165 cm³/mol. The molecule has 0 radical (unpaired) electrons. The minimum Gasteiger partial charge on any atom is -0.385 e. The number of nitriles is 1. The Labute approximate surface area is 259 Å². The normalized spacial score (nSPS) is 16.2. The first-order valence-electron chi connectivity index (χ1n) is 15.1. The van der Waals surface area contributed by atoms with Gasteiger partial charge in [-0.1, -0.05) is 18.9 Å². The highest BCUT2D eigenvalue weighted by molar-refractivity contribution is 6.23. The maximum Gasteiger partial charge on any atom is 0.262 e. The van der Waals surface area contributed by atoms with E-state index in [9.17, 15) is 24.4 Å². The second-order valence-corrected chi connectivity index (χ2v) is 11.4. The number of rotatable bonds is 10. The molecule has 6 rings (SSSR count). The van der Waals surface area contributed by atoms with Gasteiger partial charge in [-0.25, -0.2) is 4.98 Å². The summed E-state index contributed by atoms with van der Waals surface area (Å²) in [6, 6.07) is 11.6. The van der Waals surface area contributed by atoms with Crippen LogP contribution < -0.4 is 10.6 Å². The number of nitrogens with one attached hydrogen (secondary N) is 2. The van der Waals surface area contributed by atoms with E-state index in [-0.39, 0.29) is 24.0 Å². The second-order valence-electron chi connectivity index (χ2n) is 11.4. The van der Waals surface area contributed by atoms with Crippen molar-refractivity contribution < 1.29 is 19.2 Å². The van der Waals surface area contributed by atoms with Gasteiger partial charge < -0.3 is 5.32 Å². The van der Waals surface area contributed by atoms with Gasteiger partial charge in [0.2, 0.25) is 11.8 Å². The number of fused-ring (bicyclic) bond motifs is 2. The molecular formula is C33H32N8O4. The zero-order chi connectivity index (χ0) is 31.7. The fourth-order valence-corrected chi connectivity index (χ4v) is 6.08. The molecule has 45 heavy (non-hydrogen) atoms. The van der Waals surface area contributed by atoms with Gasteiger partial charge >= 0.3 is 0 Å². The summed E-state index contributed by atoms with van der Waals surface area (Å²) >= 11 is 0. The molecule has 4 aromatic rings. The highest BCUT2D eigenvalue weighted by Gasteiger charge is 2.44. The van der Waals surface area contributed by atoms with Gasteiger partial charge in [-0.15, -0.1) is 0 Å². The Kier molecular flexibility index (Phi) is 8.08. The second kappa shape index (κ2) is 12.3. The number of unbranched alkanes of at least 4 members (excludes halogenated alkanes) is 3. The highest BCUT2D eigenvalue weighted by Crippen LogP contribution is 2.30. The molecular weight excluding hydrogens is 572 g/mol. The average molecular weight is 605 g/mol. The van der Waals surface area contributed by atoms with Gasteiger partial charge in [0.05, 0.1) is 39.8 Å². The molecule has 2 aromatic heterocycles. The highest BCUT2D eigenvalue weighted by atomic mass is 16.2. The molecule has 1 fully saturated rings. The lowest BCUT2D eigenvalue weighted by molar-refractivity contribution is -0.136. The third-order valence-electron chi connectivity index (χ3n) is 8.40. The van der Waals surface area contributed by atoms with Crippen LogP contribution in [0.25, 0.3) is 22.3 Å². The van der Waals surface area contributed by atoms with Crippen molar-refractivity contribution in [3.8, 4) is 17.3 Å². The number of hydrogen-bond donors (Lipinski definition) is 2. The smallest absolute Gasteiger partial charge is 0.262 e. The molecule has 4 amide bonds. The number of para-hydroxylation sites is 1. The number of carbonyl (C=O) groups is 4. The van der Waals surface area contributed by atoms with Crippen LogP contribution in [0.3, 0.4) is 0 Å². The number of anilines is 1. The van der Waals surface area contributed by atoms with Crippen molar-refractivity contribution in [1.82, 2.24) is 30.0 Å². The van der Waals surface area contributed by atoms with Gasteiger partial charge in [-0.3, -0.25) is 39.1 Å². The van der Waals surface area contributed by atoms with Crippen LogP contribution in [-0.2, 0) is 16.1 Å². The molecule has 12 heteroatoms. The van der Waals surface area contributed by atoms with Crippen molar-refractivity contribution in [2.45, 2.75) is 65.0 Å². The SMILES string of the molecule is Cc1nn(CCCCCCNc2ccc3c(c2)C(=O)N(C2CCC(=O)NC2=O)C3=O)c(C)c1-c1cnc2cccc(C#N)c2n1. The van der Waals surface area contributed by atoms with E-state index in [4.69, 9.17) is 10.1 Å². The molecule has 1 atom stereocenters. The van der Waals surface area contributed by atoms with E-state index >= 15 is 0 Å². The maximum atomic E-state index is 13.0. The fraction of sp³-hybridized carbons (Fsp3) is 0.333. The number of aromatic nitrogens is 4. The number of hydrogen-bond acceptors (Lipinski definition) is 9. The number of imide groups is 2. The number of aryl methyl sites for hydroxylation is 2. The Bertz CT molecular complexity index is 1910. The van der Waals surface area contributed by atoms with Crippen LogP contribution in [0.4, 0.5) is 5.69 Å². The zero-order valence-electron chi connectivity index (χ0n) is 25.1. The summed E-state index contributed by atoms with van der Waals surface area (Å²) < 4.78 is 2.01. The predicted octanol–water partition coefficient (Wildman–Crippen LogP) is 4.06. The van der Waals surface area contributed by atoms with Crippen molar-refractivity contribution in [1.29, 1.82) is 5.26 Å². The van der Waals surface area contributed by atoms with Crippen LogP contribution in [0.1, 0.15) is 76.2 Å². The molecule has 0 bridgehead atoms. The van der Waals surface area contributed by atoms with Crippen LogP contribution in [0.15, 0.2) is 42.6 Å². The van der Waals surface area contributed by atoms with Gasteiger partial charge in [0.25, 0.3) is 11.8 Å². The zero-order valence-corrected chi connectivity index (χ0v) is 25.1. The number of piperidine rings is 1. The van der Waals surface area contributed by atoms with Crippen LogP contribution in [0, 0.1) is 25.2 Å². The summed E-state index contributed by atoms with van der Waals surface area (Å²) in [7, 11) is 0. The molecule has 1 unspecified atom stereocenters. The molecule has 228 valence electrons. The Morgan fingerprint density at radius 2 is 1.82 bits per heavy atom. The van der Waals surface area contributed by atoms with Gasteiger partial charge in [-0.2, -0.15) is 10.4 Å². The van der Waals surface area contributed by atoms with Crippen molar-refractivity contribution in [3.63, 3.8) is 0 Å². The minimum atomic E-state index is -0.975. The fourth-order valence-electron chi connectivity index (χ4n) is 6.08. The van der Waals surface area contributed by atoms with E-state index in [0.717, 1.165) is 59.8 Å². The summed E-state index contributed by atoms with van der Waals surface area (Å²) in [4.78, 5) is 59.9. The monoisotopic (exact) mass is 604 g/mol. The first-order valence-corrected chi connectivity index (χ1v) is 15.1. The van der Waals surface area contributed by atoms with Gasteiger partial charge in [0.15, 0.2) is 0 Å². The van der Waals surface area contributed by atoms with E-state index < -0.39 is 29.7 Å². The summed E-state index contributed by atoms with van der Waals surface area (Å²) in [6.07, 6.45) is 5.83. The molecule has 2 aliphatic rings. The van der Waals surface area contributed by atoms with Crippen LogP contribution in [0.5, 0.6) is 0 Å². The quantitative estimate of drug-likeness (QED) is 0.201. The van der Waals surface area contributed by atoms with Crippen molar-refractivity contribution in [2.75, 3.05) is 11.9 Å². The van der Waals surface area contributed by atoms with Gasteiger partial charge in [0.1, 0.15) is 17.6 Å². The largest absolute Gasteiger partial charge is 0.385 e. The van der Waals surface area contributed by atoms with Gasteiger partial charge in [0, 0.05) is 36.5 Å².